The molecule has 0 aromatic heterocycles. The molecule has 0 unspecified atom stereocenters. The summed E-state index contributed by atoms with van der Waals surface area (Å²) in [6.45, 7) is 4.16. The number of carbonyl (C=O) groups is 2. The molecule has 4 nitrogen and oxygen atoms in total. The zero-order valence-electron chi connectivity index (χ0n) is 13.0. The molecule has 1 aliphatic carbocycles. The average Bonchev–Trinajstić information content (AvgIpc) is 2.50. The molecule has 0 radical (unpaired) electrons. The van der Waals surface area contributed by atoms with E-state index < -0.39 is 5.97 Å². The van der Waals surface area contributed by atoms with Gasteiger partial charge in [-0.25, -0.2) is 4.79 Å². The SMILES string of the molecule is C[C@@H]1[C@@H](C)CCC[C@H]1NC(=O)COC(=O)c1ccc(Br)cc1. The van der Waals surface area contributed by atoms with Crippen molar-refractivity contribution < 1.29 is 14.3 Å². The Morgan fingerprint density at radius 2 is 1.91 bits per heavy atom. The molecule has 1 aromatic rings. The molecule has 1 fully saturated rings. The predicted molar refractivity (Wildman–Crippen MR) is 88.5 cm³/mol. The Bertz CT molecular complexity index is 529. The summed E-state index contributed by atoms with van der Waals surface area (Å²) in [5.41, 5.74) is 0.440. The van der Waals surface area contributed by atoms with E-state index in [0.717, 1.165) is 17.3 Å². The molecule has 3 atom stereocenters. The minimum Gasteiger partial charge on any atom is -0.452 e. The molecule has 0 heterocycles. The number of nitrogens with one attached hydrogen (secondary N) is 1. The van der Waals surface area contributed by atoms with E-state index in [9.17, 15) is 9.59 Å². The predicted octanol–water partition coefficient (Wildman–Crippen LogP) is 3.55. The zero-order valence-corrected chi connectivity index (χ0v) is 14.6. The van der Waals surface area contributed by atoms with E-state index in [1.165, 1.54) is 6.42 Å². The van der Waals surface area contributed by atoms with Crippen molar-refractivity contribution in [1.82, 2.24) is 5.32 Å². The highest BCUT2D eigenvalue weighted by Crippen LogP contribution is 2.29. The van der Waals surface area contributed by atoms with Crippen molar-refractivity contribution in [1.29, 1.82) is 0 Å². The molecule has 0 saturated heterocycles. The molecule has 1 saturated carbocycles. The standard InChI is InChI=1S/C17H22BrNO3/c1-11-4-3-5-15(12(11)2)19-16(20)10-22-17(21)13-6-8-14(18)9-7-13/h6-9,11-12,15H,3-5,10H2,1-2H3,(H,19,20)/t11-,12+,15+/m0/s1. The summed E-state index contributed by atoms with van der Waals surface area (Å²) < 4.78 is 5.96. The Labute approximate surface area is 139 Å². The number of ether oxygens (including phenoxy) is 1. The monoisotopic (exact) mass is 367 g/mol. The summed E-state index contributed by atoms with van der Waals surface area (Å²) in [5.74, 6) is 0.369. The van der Waals surface area contributed by atoms with Gasteiger partial charge in [-0.3, -0.25) is 4.79 Å². The van der Waals surface area contributed by atoms with Crippen LogP contribution >= 0.6 is 15.9 Å². The molecule has 1 aliphatic rings. The van der Waals surface area contributed by atoms with E-state index in [1.54, 1.807) is 24.3 Å². The highest BCUT2D eigenvalue weighted by molar-refractivity contribution is 9.10. The van der Waals surface area contributed by atoms with Crippen LogP contribution in [0.4, 0.5) is 0 Å². The van der Waals surface area contributed by atoms with Gasteiger partial charge in [0.05, 0.1) is 5.56 Å². The Morgan fingerprint density at radius 3 is 2.59 bits per heavy atom. The molecule has 22 heavy (non-hydrogen) atoms. The van der Waals surface area contributed by atoms with Crippen LogP contribution in [0.2, 0.25) is 0 Å². The first-order valence-corrected chi connectivity index (χ1v) is 8.48. The molecule has 5 heteroatoms. The fourth-order valence-corrected chi connectivity index (χ4v) is 3.10. The summed E-state index contributed by atoms with van der Waals surface area (Å²) in [7, 11) is 0. The maximum atomic E-state index is 12.0. The van der Waals surface area contributed by atoms with Crippen LogP contribution in [-0.2, 0) is 9.53 Å². The molecule has 0 bridgehead atoms. The molecule has 1 amide bonds. The second-order valence-corrected chi connectivity index (χ2v) is 6.94. The van der Waals surface area contributed by atoms with Crippen LogP contribution in [0.5, 0.6) is 0 Å². The van der Waals surface area contributed by atoms with Crippen molar-refractivity contribution in [2.45, 2.75) is 39.2 Å². The van der Waals surface area contributed by atoms with Gasteiger partial charge in [-0.15, -0.1) is 0 Å². The van der Waals surface area contributed by atoms with E-state index in [-0.39, 0.29) is 18.6 Å². The number of carbonyl (C=O) groups excluding carboxylic acids is 2. The second-order valence-electron chi connectivity index (χ2n) is 6.02. The van der Waals surface area contributed by atoms with Gasteiger partial charge < -0.3 is 10.1 Å². The van der Waals surface area contributed by atoms with Crippen LogP contribution in [0.1, 0.15) is 43.5 Å². The number of rotatable bonds is 4. The Morgan fingerprint density at radius 1 is 1.23 bits per heavy atom. The van der Waals surface area contributed by atoms with Gasteiger partial charge in [-0.2, -0.15) is 0 Å². The highest BCUT2D eigenvalue weighted by atomic mass is 79.9. The fraction of sp³-hybridized carbons (Fsp3) is 0.529. The third kappa shape index (κ3) is 4.57. The van der Waals surface area contributed by atoms with Crippen LogP contribution in [0.15, 0.2) is 28.7 Å². The second kappa shape index (κ2) is 7.77. The van der Waals surface area contributed by atoms with E-state index in [1.807, 2.05) is 0 Å². The van der Waals surface area contributed by atoms with Crippen molar-refractivity contribution in [3.8, 4) is 0 Å². The third-order valence-electron chi connectivity index (χ3n) is 4.47. The number of hydrogen-bond acceptors (Lipinski definition) is 3. The fourth-order valence-electron chi connectivity index (χ4n) is 2.83. The molecule has 1 N–H and O–H groups in total. The number of hydrogen-bond donors (Lipinski definition) is 1. The lowest BCUT2D eigenvalue weighted by molar-refractivity contribution is -0.125. The summed E-state index contributed by atoms with van der Waals surface area (Å²) in [5, 5.41) is 2.99. The number of esters is 1. The lowest BCUT2D eigenvalue weighted by Crippen LogP contribution is -2.45. The molecule has 0 aliphatic heterocycles. The first-order chi connectivity index (χ1) is 10.5. The van der Waals surface area contributed by atoms with Gasteiger partial charge in [0.15, 0.2) is 6.61 Å². The third-order valence-corrected chi connectivity index (χ3v) is 5.00. The molecular weight excluding hydrogens is 346 g/mol. The van der Waals surface area contributed by atoms with Crippen LogP contribution < -0.4 is 5.32 Å². The summed E-state index contributed by atoms with van der Waals surface area (Å²) in [6, 6.07) is 7.04. The molecule has 120 valence electrons. The Kier molecular flexibility index (Phi) is 6.00. The van der Waals surface area contributed by atoms with Crippen molar-refractivity contribution in [2.75, 3.05) is 6.61 Å². The largest absolute Gasteiger partial charge is 0.452 e. The van der Waals surface area contributed by atoms with Gasteiger partial charge in [0.1, 0.15) is 0 Å². The highest BCUT2D eigenvalue weighted by Gasteiger charge is 2.28. The van der Waals surface area contributed by atoms with Gasteiger partial charge in [-0.1, -0.05) is 42.6 Å². The van der Waals surface area contributed by atoms with Gasteiger partial charge in [-0.05, 0) is 42.5 Å². The smallest absolute Gasteiger partial charge is 0.338 e. The number of halogens is 1. The summed E-state index contributed by atoms with van der Waals surface area (Å²) in [6.07, 6.45) is 3.35. The quantitative estimate of drug-likeness (QED) is 0.827. The summed E-state index contributed by atoms with van der Waals surface area (Å²) >= 11 is 3.31. The molecular formula is C17H22BrNO3. The van der Waals surface area contributed by atoms with Crippen molar-refractivity contribution in [2.24, 2.45) is 11.8 Å². The van der Waals surface area contributed by atoms with E-state index in [2.05, 4.69) is 35.1 Å². The van der Waals surface area contributed by atoms with Gasteiger partial charge in [0.25, 0.3) is 5.91 Å². The van der Waals surface area contributed by atoms with E-state index in [4.69, 9.17) is 4.74 Å². The van der Waals surface area contributed by atoms with Gasteiger partial charge >= 0.3 is 5.97 Å². The van der Waals surface area contributed by atoms with Crippen LogP contribution in [0.3, 0.4) is 0 Å². The lowest BCUT2D eigenvalue weighted by atomic mass is 9.78. The van der Waals surface area contributed by atoms with Gasteiger partial charge in [0, 0.05) is 10.5 Å². The van der Waals surface area contributed by atoms with Crippen molar-refractivity contribution >= 4 is 27.8 Å². The van der Waals surface area contributed by atoms with Crippen molar-refractivity contribution in [3.63, 3.8) is 0 Å². The Balaban J connectivity index is 1.80. The van der Waals surface area contributed by atoms with Crippen molar-refractivity contribution in [3.05, 3.63) is 34.3 Å². The van der Waals surface area contributed by atoms with E-state index >= 15 is 0 Å². The van der Waals surface area contributed by atoms with E-state index in [0.29, 0.717) is 17.4 Å². The maximum Gasteiger partial charge on any atom is 0.338 e. The van der Waals surface area contributed by atoms with Crippen LogP contribution in [0, 0.1) is 11.8 Å². The minimum absolute atomic E-state index is 0.183. The summed E-state index contributed by atoms with van der Waals surface area (Å²) in [4.78, 5) is 23.8. The normalized spacial score (nSPS) is 24.6. The molecule has 2 rings (SSSR count). The minimum atomic E-state index is -0.479. The molecule has 0 spiro atoms. The maximum absolute atomic E-state index is 12.0. The van der Waals surface area contributed by atoms with Crippen LogP contribution in [0.25, 0.3) is 0 Å². The topological polar surface area (TPSA) is 55.4 Å². The first-order valence-electron chi connectivity index (χ1n) is 7.69. The average molecular weight is 368 g/mol. The zero-order chi connectivity index (χ0) is 16.1. The lowest BCUT2D eigenvalue weighted by Gasteiger charge is -2.34. The number of benzene rings is 1. The first kappa shape index (κ1) is 17.0. The van der Waals surface area contributed by atoms with Crippen LogP contribution in [-0.4, -0.2) is 24.5 Å². The van der Waals surface area contributed by atoms with Gasteiger partial charge in [0.2, 0.25) is 0 Å². The Hall–Kier alpha value is -1.36. The number of amides is 1. The molecule has 1 aromatic carbocycles.